The molecule has 2 N–H and O–H groups in total. The van der Waals surface area contributed by atoms with Gasteiger partial charge in [-0.05, 0) is 68.4 Å². The van der Waals surface area contributed by atoms with Gasteiger partial charge in [0.2, 0.25) is 0 Å². The molecule has 4 aliphatic carbocycles. The van der Waals surface area contributed by atoms with E-state index in [1.165, 1.54) is 31.4 Å². The van der Waals surface area contributed by atoms with Crippen molar-refractivity contribution >= 4 is 11.7 Å². The first-order valence-corrected chi connectivity index (χ1v) is 9.27. The van der Waals surface area contributed by atoms with Crippen molar-refractivity contribution in [1.29, 1.82) is 0 Å². The minimum absolute atomic E-state index is 0.185. The second-order valence-corrected chi connectivity index (χ2v) is 8.27. The number of carbonyl (C=O) groups is 1. The molecule has 0 unspecified atom stereocenters. The molecule has 0 spiro atoms. The topological polar surface area (TPSA) is 50.4 Å². The zero-order chi connectivity index (χ0) is 19.2. The molecule has 2 amide bonds. The van der Waals surface area contributed by atoms with Gasteiger partial charge in [-0.2, -0.15) is 17.6 Å². The van der Waals surface area contributed by atoms with Crippen LogP contribution in [-0.4, -0.2) is 24.1 Å². The average molecular weight is 386 g/mol. The van der Waals surface area contributed by atoms with Crippen LogP contribution in [0.5, 0.6) is 5.75 Å². The Bertz CT molecular complexity index is 690. The second-order valence-electron chi connectivity index (χ2n) is 8.27. The number of benzene rings is 1. The number of carbonyl (C=O) groups excluding carboxylic acids is 1. The summed E-state index contributed by atoms with van der Waals surface area (Å²) in [7, 11) is 0. The molecule has 27 heavy (non-hydrogen) atoms. The lowest BCUT2D eigenvalue weighted by molar-refractivity contribution is -0.253. The maximum atomic E-state index is 13.0. The minimum Gasteiger partial charge on any atom is -0.428 e. The van der Waals surface area contributed by atoms with Gasteiger partial charge in [0, 0.05) is 17.3 Å². The fraction of sp³-hybridized carbons (Fsp3) is 0.632. The summed E-state index contributed by atoms with van der Waals surface area (Å²) < 4.78 is 54.7. The Morgan fingerprint density at radius 2 is 1.70 bits per heavy atom. The molecule has 4 bridgehead atoms. The number of alkyl halides is 4. The quantitative estimate of drug-likeness (QED) is 0.699. The lowest BCUT2D eigenvalue weighted by Gasteiger charge is -2.56. The van der Waals surface area contributed by atoms with Crippen LogP contribution in [0.25, 0.3) is 0 Å². The highest BCUT2D eigenvalue weighted by Gasteiger charge is 2.51. The summed E-state index contributed by atoms with van der Waals surface area (Å²) in [5, 5.41) is 5.71. The van der Waals surface area contributed by atoms with E-state index in [1.54, 1.807) is 0 Å². The second kappa shape index (κ2) is 6.56. The predicted octanol–water partition coefficient (Wildman–Crippen LogP) is 5.01. The number of anilines is 1. The zero-order valence-corrected chi connectivity index (χ0v) is 14.7. The Morgan fingerprint density at radius 3 is 2.26 bits per heavy atom. The fourth-order valence-electron chi connectivity index (χ4n) is 5.51. The molecule has 4 aliphatic rings. The molecule has 1 aromatic carbocycles. The summed E-state index contributed by atoms with van der Waals surface area (Å²) >= 11 is 0. The van der Waals surface area contributed by atoms with Crippen molar-refractivity contribution in [3.8, 4) is 5.75 Å². The van der Waals surface area contributed by atoms with Gasteiger partial charge in [0.1, 0.15) is 5.75 Å². The van der Waals surface area contributed by atoms with E-state index in [1.807, 2.05) is 0 Å². The number of amides is 2. The van der Waals surface area contributed by atoms with Crippen molar-refractivity contribution in [2.45, 2.75) is 56.6 Å². The third kappa shape index (κ3) is 3.84. The van der Waals surface area contributed by atoms with E-state index < -0.39 is 24.3 Å². The van der Waals surface area contributed by atoms with Crippen LogP contribution in [-0.2, 0) is 0 Å². The van der Waals surface area contributed by atoms with Crippen LogP contribution in [0.1, 0.15) is 38.5 Å². The minimum atomic E-state index is -4.58. The van der Waals surface area contributed by atoms with Gasteiger partial charge in [-0.3, -0.25) is 0 Å². The number of urea groups is 1. The molecule has 5 rings (SSSR count). The standard InChI is InChI=1S/C19H22F4N2O2/c20-16(21)19(22,23)27-15-3-1-2-14(7-15)24-17(26)25-18-8-11-4-12(9-18)6-13(5-11)10-18/h1-3,7,11-13,16H,4-6,8-10H2,(H2,24,25,26). The van der Waals surface area contributed by atoms with Crippen molar-refractivity contribution in [1.82, 2.24) is 5.32 Å². The maximum Gasteiger partial charge on any atom is 0.461 e. The van der Waals surface area contributed by atoms with Gasteiger partial charge in [-0.15, -0.1) is 0 Å². The van der Waals surface area contributed by atoms with Crippen LogP contribution in [0.3, 0.4) is 0 Å². The summed E-state index contributed by atoms with van der Waals surface area (Å²) in [6.45, 7) is 0. The zero-order valence-electron chi connectivity index (χ0n) is 14.7. The Hall–Kier alpha value is -1.99. The van der Waals surface area contributed by atoms with Gasteiger partial charge < -0.3 is 15.4 Å². The number of halogens is 4. The first-order valence-electron chi connectivity index (χ1n) is 9.27. The molecular formula is C19H22F4N2O2. The van der Waals surface area contributed by atoms with E-state index in [-0.39, 0.29) is 11.2 Å². The third-order valence-electron chi connectivity index (χ3n) is 6.02. The van der Waals surface area contributed by atoms with Crippen LogP contribution < -0.4 is 15.4 Å². The van der Waals surface area contributed by atoms with Crippen molar-refractivity contribution in [2.24, 2.45) is 17.8 Å². The fourth-order valence-corrected chi connectivity index (χ4v) is 5.51. The molecule has 0 radical (unpaired) electrons. The molecule has 4 saturated carbocycles. The Balaban J connectivity index is 1.39. The van der Waals surface area contributed by atoms with Crippen molar-refractivity contribution in [3.05, 3.63) is 24.3 Å². The SMILES string of the molecule is O=C(Nc1cccc(OC(F)(F)C(F)F)c1)NC12CC3CC(CC(C3)C1)C2. The van der Waals surface area contributed by atoms with Gasteiger partial charge in [-0.1, -0.05) is 6.07 Å². The summed E-state index contributed by atoms with van der Waals surface area (Å²) in [6, 6.07) is 4.69. The van der Waals surface area contributed by atoms with E-state index >= 15 is 0 Å². The van der Waals surface area contributed by atoms with Gasteiger partial charge >= 0.3 is 18.6 Å². The van der Waals surface area contributed by atoms with E-state index in [0.29, 0.717) is 17.8 Å². The van der Waals surface area contributed by atoms with Gasteiger partial charge in [-0.25, -0.2) is 4.79 Å². The van der Waals surface area contributed by atoms with Crippen molar-refractivity contribution < 1.29 is 27.1 Å². The third-order valence-corrected chi connectivity index (χ3v) is 6.02. The molecule has 0 atom stereocenters. The molecule has 4 nitrogen and oxygen atoms in total. The van der Waals surface area contributed by atoms with Crippen LogP contribution >= 0.6 is 0 Å². The lowest BCUT2D eigenvalue weighted by Crippen LogP contribution is -2.60. The highest BCUT2D eigenvalue weighted by atomic mass is 19.3. The first kappa shape index (κ1) is 18.4. The monoisotopic (exact) mass is 386 g/mol. The van der Waals surface area contributed by atoms with E-state index in [0.717, 1.165) is 31.4 Å². The van der Waals surface area contributed by atoms with Crippen LogP contribution in [0.4, 0.5) is 28.0 Å². The summed E-state index contributed by atoms with van der Waals surface area (Å²) in [5.41, 5.74) is 0.0233. The highest BCUT2D eigenvalue weighted by molar-refractivity contribution is 5.90. The number of rotatable bonds is 5. The first-order chi connectivity index (χ1) is 12.7. The van der Waals surface area contributed by atoms with Gasteiger partial charge in [0.15, 0.2) is 0 Å². The molecule has 1 aromatic rings. The molecule has 8 heteroatoms. The number of ether oxygens (including phenoxy) is 1. The van der Waals surface area contributed by atoms with Crippen LogP contribution in [0.2, 0.25) is 0 Å². The highest BCUT2D eigenvalue weighted by Crippen LogP contribution is 2.55. The molecule has 0 heterocycles. The Morgan fingerprint density at radius 1 is 1.11 bits per heavy atom. The molecule has 0 aliphatic heterocycles. The van der Waals surface area contributed by atoms with E-state index in [4.69, 9.17) is 0 Å². The van der Waals surface area contributed by atoms with Crippen molar-refractivity contribution in [3.63, 3.8) is 0 Å². The largest absolute Gasteiger partial charge is 0.461 e. The summed E-state index contributed by atoms with van der Waals surface area (Å²) in [5.74, 6) is 1.58. The van der Waals surface area contributed by atoms with Crippen LogP contribution in [0, 0.1) is 17.8 Å². The normalized spacial score (nSPS) is 31.8. The predicted molar refractivity (Wildman–Crippen MR) is 91.1 cm³/mol. The smallest absolute Gasteiger partial charge is 0.428 e. The average Bonchev–Trinajstić information content (AvgIpc) is 2.52. The molecule has 148 valence electrons. The summed E-state index contributed by atoms with van der Waals surface area (Å²) in [4.78, 5) is 12.5. The molecule has 4 fully saturated rings. The number of nitrogens with one attached hydrogen (secondary N) is 2. The molecule has 0 aromatic heterocycles. The summed E-state index contributed by atoms with van der Waals surface area (Å²) in [6.07, 6.45) is -1.82. The Labute approximate surface area is 154 Å². The Kier molecular flexibility index (Phi) is 4.47. The van der Waals surface area contributed by atoms with Crippen molar-refractivity contribution in [2.75, 3.05) is 5.32 Å². The maximum absolute atomic E-state index is 13.0. The number of hydrogen-bond donors (Lipinski definition) is 2. The number of hydrogen-bond acceptors (Lipinski definition) is 2. The molecular weight excluding hydrogens is 364 g/mol. The van der Waals surface area contributed by atoms with Gasteiger partial charge in [0.25, 0.3) is 0 Å². The van der Waals surface area contributed by atoms with Crippen LogP contribution in [0.15, 0.2) is 24.3 Å². The van der Waals surface area contributed by atoms with E-state index in [2.05, 4.69) is 15.4 Å². The molecule has 0 saturated heterocycles. The van der Waals surface area contributed by atoms with E-state index in [9.17, 15) is 22.4 Å². The lowest BCUT2D eigenvalue weighted by atomic mass is 9.53. The van der Waals surface area contributed by atoms with Gasteiger partial charge in [0.05, 0.1) is 0 Å².